The number of ketones is 1. The fraction of sp³-hybridized carbons (Fsp3) is 0.238. The van der Waals surface area contributed by atoms with Crippen LogP contribution in [0.5, 0.6) is 0 Å². The standard InChI is InChI=1S/C21H20N2O7/c24-10-12-30-11-9-22-18(15-7-4-8-16(13-15)23(28)29)17(20(26)21(22)27)19(25)14-5-2-1-3-6-14/h1-8,13,18,24-25H,9-12H2. The zero-order chi connectivity index (χ0) is 21.7. The minimum absolute atomic E-state index is 0.00347. The number of aliphatic hydroxyl groups excluding tert-OH is 2. The maximum absolute atomic E-state index is 12.8. The summed E-state index contributed by atoms with van der Waals surface area (Å²) < 4.78 is 5.21. The van der Waals surface area contributed by atoms with Crippen molar-refractivity contribution in [3.63, 3.8) is 0 Å². The molecule has 1 amide bonds. The number of nitro benzene ring substituents is 1. The average molecular weight is 412 g/mol. The molecule has 9 heteroatoms. The van der Waals surface area contributed by atoms with Crippen molar-refractivity contribution in [3.05, 3.63) is 81.4 Å². The molecule has 2 N–H and O–H groups in total. The second kappa shape index (κ2) is 9.29. The van der Waals surface area contributed by atoms with Crippen LogP contribution in [0, 0.1) is 10.1 Å². The van der Waals surface area contributed by atoms with E-state index in [0.717, 1.165) is 0 Å². The number of carbonyl (C=O) groups excluding carboxylic acids is 2. The number of benzene rings is 2. The predicted octanol–water partition coefficient (Wildman–Crippen LogP) is 2.03. The number of nitro groups is 1. The van der Waals surface area contributed by atoms with Gasteiger partial charge in [0.25, 0.3) is 17.4 Å². The Hall–Kier alpha value is -3.56. The molecule has 2 aromatic carbocycles. The summed E-state index contributed by atoms with van der Waals surface area (Å²) in [6.07, 6.45) is 0. The third-order valence-corrected chi connectivity index (χ3v) is 4.70. The lowest BCUT2D eigenvalue weighted by molar-refractivity contribution is -0.384. The summed E-state index contributed by atoms with van der Waals surface area (Å²) in [7, 11) is 0. The van der Waals surface area contributed by atoms with Crippen LogP contribution in [-0.2, 0) is 14.3 Å². The van der Waals surface area contributed by atoms with Crippen LogP contribution in [0.2, 0.25) is 0 Å². The number of ether oxygens (including phenoxy) is 1. The largest absolute Gasteiger partial charge is 0.507 e. The molecule has 1 unspecified atom stereocenters. The number of hydrogen-bond acceptors (Lipinski definition) is 7. The SMILES string of the molecule is O=C1C(=O)N(CCOCCO)C(c2cccc([N+](=O)[O-])c2)C1=C(O)c1ccccc1. The molecule has 1 atom stereocenters. The van der Waals surface area contributed by atoms with Crippen LogP contribution < -0.4 is 0 Å². The second-order valence-electron chi connectivity index (χ2n) is 6.55. The van der Waals surface area contributed by atoms with E-state index >= 15 is 0 Å². The van der Waals surface area contributed by atoms with Gasteiger partial charge < -0.3 is 19.8 Å². The van der Waals surface area contributed by atoms with Gasteiger partial charge in [0.05, 0.1) is 36.4 Å². The molecule has 0 radical (unpaired) electrons. The second-order valence-corrected chi connectivity index (χ2v) is 6.55. The quantitative estimate of drug-likeness (QED) is 0.169. The first-order valence-corrected chi connectivity index (χ1v) is 9.22. The molecule has 0 aliphatic carbocycles. The summed E-state index contributed by atoms with van der Waals surface area (Å²) in [6.45, 7) is -0.0789. The van der Waals surface area contributed by atoms with E-state index in [9.17, 15) is 24.8 Å². The molecule has 3 rings (SSSR count). The number of aliphatic hydroxyl groups is 2. The Balaban J connectivity index is 2.10. The predicted molar refractivity (Wildman–Crippen MR) is 106 cm³/mol. The summed E-state index contributed by atoms with van der Waals surface area (Å²) in [4.78, 5) is 37.4. The molecule has 156 valence electrons. The lowest BCUT2D eigenvalue weighted by atomic mass is 9.95. The highest BCUT2D eigenvalue weighted by Crippen LogP contribution is 2.39. The van der Waals surface area contributed by atoms with E-state index in [1.165, 1.54) is 23.1 Å². The van der Waals surface area contributed by atoms with Crippen molar-refractivity contribution in [2.24, 2.45) is 0 Å². The van der Waals surface area contributed by atoms with Crippen LogP contribution in [0.15, 0.2) is 60.2 Å². The monoisotopic (exact) mass is 412 g/mol. The van der Waals surface area contributed by atoms with Crippen molar-refractivity contribution in [3.8, 4) is 0 Å². The fourth-order valence-corrected chi connectivity index (χ4v) is 3.35. The molecular weight excluding hydrogens is 392 g/mol. The number of hydrogen-bond donors (Lipinski definition) is 2. The van der Waals surface area contributed by atoms with E-state index in [2.05, 4.69) is 0 Å². The maximum Gasteiger partial charge on any atom is 0.295 e. The van der Waals surface area contributed by atoms with Crippen molar-refractivity contribution in [2.75, 3.05) is 26.4 Å². The molecule has 0 aromatic heterocycles. The first-order valence-electron chi connectivity index (χ1n) is 9.22. The number of amides is 1. The Morgan fingerprint density at radius 1 is 1.10 bits per heavy atom. The molecule has 30 heavy (non-hydrogen) atoms. The van der Waals surface area contributed by atoms with Gasteiger partial charge in [-0.3, -0.25) is 19.7 Å². The summed E-state index contributed by atoms with van der Waals surface area (Å²) in [5.41, 5.74) is 0.327. The average Bonchev–Trinajstić information content (AvgIpc) is 3.01. The molecule has 1 fully saturated rings. The van der Waals surface area contributed by atoms with Crippen LogP contribution in [-0.4, -0.2) is 58.1 Å². The number of likely N-dealkylation sites (tertiary alicyclic amines) is 1. The molecule has 1 aliphatic rings. The molecule has 0 saturated carbocycles. The van der Waals surface area contributed by atoms with E-state index in [0.29, 0.717) is 11.1 Å². The molecule has 2 aromatic rings. The third-order valence-electron chi connectivity index (χ3n) is 4.70. The van der Waals surface area contributed by atoms with Crippen molar-refractivity contribution in [2.45, 2.75) is 6.04 Å². The van der Waals surface area contributed by atoms with Crippen LogP contribution in [0.3, 0.4) is 0 Å². The normalized spacial score (nSPS) is 18.0. The lowest BCUT2D eigenvalue weighted by Crippen LogP contribution is -2.33. The van der Waals surface area contributed by atoms with Gasteiger partial charge in [0, 0.05) is 24.2 Å². The summed E-state index contributed by atoms with van der Waals surface area (Å²) >= 11 is 0. The van der Waals surface area contributed by atoms with Gasteiger partial charge in [-0.1, -0.05) is 42.5 Å². The van der Waals surface area contributed by atoms with E-state index in [-0.39, 0.29) is 43.4 Å². The fourth-order valence-electron chi connectivity index (χ4n) is 3.35. The van der Waals surface area contributed by atoms with Crippen molar-refractivity contribution in [1.29, 1.82) is 0 Å². The summed E-state index contributed by atoms with van der Waals surface area (Å²) in [6, 6.07) is 12.9. The highest BCUT2D eigenvalue weighted by atomic mass is 16.6. The van der Waals surface area contributed by atoms with Gasteiger partial charge in [0.15, 0.2) is 0 Å². The Kier molecular flexibility index (Phi) is 6.55. The maximum atomic E-state index is 12.8. The van der Waals surface area contributed by atoms with E-state index < -0.39 is 22.7 Å². The highest BCUT2D eigenvalue weighted by molar-refractivity contribution is 6.46. The molecule has 0 spiro atoms. The zero-order valence-corrected chi connectivity index (χ0v) is 15.9. The van der Waals surface area contributed by atoms with Crippen molar-refractivity contribution in [1.82, 2.24) is 4.90 Å². The minimum atomic E-state index is -1.01. The molecule has 1 heterocycles. The van der Waals surface area contributed by atoms with Gasteiger partial charge in [0.2, 0.25) is 0 Å². The van der Waals surface area contributed by atoms with Crippen molar-refractivity contribution >= 4 is 23.1 Å². The Morgan fingerprint density at radius 3 is 2.50 bits per heavy atom. The molecule has 1 saturated heterocycles. The highest BCUT2D eigenvalue weighted by Gasteiger charge is 2.46. The Labute approximate surface area is 172 Å². The van der Waals surface area contributed by atoms with Gasteiger partial charge in [-0.25, -0.2) is 0 Å². The molecule has 0 bridgehead atoms. The Morgan fingerprint density at radius 2 is 1.83 bits per heavy atom. The van der Waals surface area contributed by atoms with E-state index in [1.807, 2.05) is 0 Å². The van der Waals surface area contributed by atoms with Crippen molar-refractivity contribution < 1.29 is 29.5 Å². The first kappa shape index (κ1) is 21.2. The molecular formula is C21H20N2O7. The number of nitrogens with zero attached hydrogens (tertiary/aromatic N) is 2. The number of carbonyl (C=O) groups is 2. The van der Waals surface area contributed by atoms with Crippen LogP contribution in [0.25, 0.3) is 5.76 Å². The van der Waals surface area contributed by atoms with Gasteiger partial charge >= 0.3 is 0 Å². The Bertz CT molecular complexity index is 988. The summed E-state index contributed by atoms with van der Waals surface area (Å²) in [5, 5.41) is 30.9. The number of Topliss-reactive ketones (excluding diaryl/α,β-unsaturated/α-hetero) is 1. The molecule has 1 aliphatic heterocycles. The summed E-state index contributed by atoms with van der Waals surface area (Å²) in [5.74, 6) is -2.07. The molecule has 9 nitrogen and oxygen atoms in total. The zero-order valence-electron chi connectivity index (χ0n) is 15.9. The van der Waals surface area contributed by atoms with Gasteiger partial charge in [-0.15, -0.1) is 0 Å². The smallest absolute Gasteiger partial charge is 0.295 e. The topological polar surface area (TPSA) is 130 Å². The lowest BCUT2D eigenvalue weighted by Gasteiger charge is -2.25. The number of rotatable bonds is 8. The first-order chi connectivity index (χ1) is 14.5. The number of non-ortho nitro benzene ring substituents is 1. The van der Waals surface area contributed by atoms with Crippen LogP contribution in [0.1, 0.15) is 17.2 Å². The van der Waals surface area contributed by atoms with Gasteiger partial charge in [0.1, 0.15) is 5.76 Å². The van der Waals surface area contributed by atoms with E-state index in [4.69, 9.17) is 9.84 Å². The van der Waals surface area contributed by atoms with Crippen LogP contribution >= 0.6 is 0 Å². The van der Waals surface area contributed by atoms with E-state index in [1.54, 1.807) is 36.4 Å². The third kappa shape index (κ3) is 4.22. The van der Waals surface area contributed by atoms with Gasteiger partial charge in [-0.2, -0.15) is 0 Å². The van der Waals surface area contributed by atoms with Gasteiger partial charge in [-0.05, 0) is 5.56 Å². The van der Waals surface area contributed by atoms with Crippen LogP contribution in [0.4, 0.5) is 5.69 Å². The minimum Gasteiger partial charge on any atom is -0.507 e.